The fourth-order valence-electron chi connectivity index (χ4n) is 1.27. The molecule has 0 saturated carbocycles. The van der Waals surface area contributed by atoms with E-state index in [4.69, 9.17) is 16.7 Å². The molecule has 0 aromatic carbocycles. The molecule has 0 radical (unpaired) electrons. The van der Waals surface area contributed by atoms with Gasteiger partial charge < -0.3 is 5.11 Å². The summed E-state index contributed by atoms with van der Waals surface area (Å²) in [6.07, 6.45) is -3.09. The van der Waals surface area contributed by atoms with Crippen molar-refractivity contribution in [1.82, 2.24) is 4.98 Å². The fraction of sp³-hybridized carbons (Fsp3) is 0.333. The Balaban J connectivity index is 3.29. The van der Waals surface area contributed by atoms with Crippen molar-refractivity contribution >= 4 is 40.2 Å². The SMILES string of the molecule is O=C(O)Cc1cc(I)nc(C(F)F)c1CCl. The van der Waals surface area contributed by atoms with Gasteiger partial charge in [-0.3, -0.25) is 4.79 Å². The van der Waals surface area contributed by atoms with Crippen LogP contribution in [0, 0.1) is 3.70 Å². The zero-order valence-electron chi connectivity index (χ0n) is 7.88. The first-order chi connectivity index (χ1) is 7.45. The molecule has 0 spiro atoms. The predicted molar refractivity (Wildman–Crippen MR) is 62.8 cm³/mol. The number of pyridine rings is 1. The smallest absolute Gasteiger partial charge is 0.307 e. The molecular formula is C9H7ClF2INO2. The predicted octanol–water partition coefficient (Wildman–Crippen LogP) is 2.99. The molecule has 0 atom stereocenters. The minimum Gasteiger partial charge on any atom is -0.481 e. The van der Waals surface area contributed by atoms with Crippen molar-refractivity contribution in [1.29, 1.82) is 0 Å². The van der Waals surface area contributed by atoms with E-state index in [1.165, 1.54) is 6.07 Å². The van der Waals surface area contributed by atoms with Crippen LogP contribution in [0.3, 0.4) is 0 Å². The summed E-state index contributed by atoms with van der Waals surface area (Å²) in [5, 5.41) is 8.65. The van der Waals surface area contributed by atoms with E-state index < -0.39 is 18.1 Å². The Kier molecular flexibility index (Phi) is 4.85. The Bertz CT molecular complexity index is 415. The molecule has 1 N–H and O–H groups in total. The van der Waals surface area contributed by atoms with Crippen molar-refractivity contribution < 1.29 is 18.7 Å². The molecule has 0 fully saturated rings. The third kappa shape index (κ3) is 3.24. The lowest BCUT2D eigenvalue weighted by molar-refractivity contribution is -0.136. The second-order valence-electron chi connectivity index (χ2n) is 2.97. The molecule has 0 unspecified atom stereocenters. The topological polar surface area (TPSA) is 50.2 Å². The van der Waals surface area contributed by atoms with Gasteiger partial charge >= 0.3 is 5.97 Å². The largest absolute Gasteiger partial charge is 0.481 e. The van der Waals surface area contributed by atoms with Gasteiger partial charge in [0, 0.05) is 5.88 Å². The lowest BCUT2D eigenvalue weighted by Gasteiger charge is -2.11. The number of carboxylic acid groups (broad SMARTS) is 1. The molecule has 16 heavy (non-hydrogen) atoms. The molecule has 1 rings (SSSR count). The number of aromatic nitrogens is 1. The van der Waals surface area contributed by atoms with Crippen LogP contribution in [0.25, 0.3) is 0 Å². The number of hydrogen-bond acceptors (Lipinski definition) is 2. The zero-order chi connectivity index (χ0) is 12.3. The Labute approximate surface area is 109 Å². The minimum absolute atomic E-state index is 0.111. The zero-order valence-corrected chi connectivity index (χ0v) is 10.8. The average molecular weight is 362 g/mol. The van der Waals surface area contributed by atoms with Crippen LogP contribution >= 0.6 is 34.2 Å². The number of aliphatic carboxylic acids is 1. The van der Waals surface area contributed by atoms with E-state index in [2.05, 4.69) is 4.98 Å². The van der Waals surface area contributed by atoms with Crippen LogP contribution in [-0.4, -0.2) is 16.1 Å². The molecule has 0 aliphatic rings. The summed E-state index contributed by atoms with van der Waals surface area (Å²) in [6.45, 7) is 0. The number of rotatable bonds is 4. The molecule has 1 aromatic rings. The molecule has 0 aliphatic heterocycles. The first-order valence-electron chi connectivity index (χ1n) is 4.19. The van der Waals surface area contributed by atoms with Gasteiger partial charge in [0.2, 0.25) is 0 Å². The summed E-state index contributed by atoms with van der Waals surface area (Å²) >= 11 is 7.31. The van der Waals surface area contributed by atoms with Gasteiger partial charge in [-0.15, -0.1) is 11.6 Å². The van der Waals surface area contributed by atoms with Crippen molar-refractivity contribution in [3.63, 3.8) is 0 Å². The molecule has 88 valence electrons. The van der Waals surface area contributed by atoms with E-state index in [1.807, 2.05) is 0 Å². The maximum absolute atomic E-state index is 12.6. The van der Waals surface area contributed by atoms with Crippen molar-refractivity contribution in [3.05, 3.63) is 26.6 Å². The van der Waals surface area contributed by atoms with E-state index >= 15 is 0 Å². The number of carbonyl (C=O) groups is 1. The van der Waals surface area contributed by atoms with Crippen molar-refractivity contribution in [2.24, 2.45) is 0 Å². The van der Waals surface area contributed by atoms with Crippen LogP contribution in [0.1, 0.15) is 23.2 Å². The Morgan fingerprint density at radius 3 is 2.69 bits per heavy atom. The van der Waals surface area contributed by atoms with E-state index in [1.54, 1.807) is 22.6 Å². The molecule has 1 heterocycles. The number of carboxylic acids is 1. The van der Waals surface area contributed by atoms with Gasteiger partial charge in [-0.05, 0) is 39.8 Å². The molecule has 3 nitrogen and oxygen atoms in total. The number of halogens is 4. The normalized spacial score (nSPS) is 10.8. The third-order valence-electron chi connectivity index (χ3n) is 1.90. The van der Waals surface area contributed by atoms with Crippen LogP contribution in [0.4, 0.5) is 8.78 Å². The Morgan fingerprint density at radius 2 is 2.25 bits per heavy atom. The van der Waals surface area contributed by atoms with Crippen LogP contribution in [0.5, 0.6) is 0 Å². The van der Waals surface area contributed by atoms with Gasteiger partial charge in [0.05, 0.1) is 6.42 Å². The van der Waals surface area contributed by atoms with Crippen LogP contribution < -0.4 is 0 Å². The van der Waals surface area contributed by atoms with E-state index in [0.29, 0.717) is 3.70 Å². The summed E-state index contributed by atoms with van der Waals surface area (Å²) in [4.78, 5) is 14.2. The van der Waals surface area contributed by atoms with E-state index in [9.17, 15) is 13.6 Å². The summed E-state index contributed by atoms with van der Waals surface area (Å²) in [5.41, 5.74) is -0.0326. The Hall–Kier alpha value is -0.500. The molecule has 1 aromatic heterocycles. The maximum atomic E-state index is 12.6. The summed E-state index contributed by atoms with van der Waals surface area (Å²) in [5.74, 6) is -1.26. The lowest BCUT2D eigenvalue weighted by Crippen LogP contribution is -2.08. The van der Waals surface area contributed by atoms with Gasteiger partial charge in [0.15, 0.2) is 0 Å². The van der Waals surface area contributed by atoms with Crippen molar-refractivity contribution in [3.8, 4) is 0 Å². The maximum Gasteiger partial charge on any atom is 0.307 e. The van der Waals surface area contributed by atoms with E-state index in [0.717, 1.165) is 0 Å². The van der Waals surface area contributed by atoms with E-state index in [-0.39, 0.29) is 23.4 Å². The highest BCUT2D eigenvalue weighted by Gasteiger charge is 2.19. The molecule has 0 saturated heterocycles. The molecule has 0 aliphatic carbocycles. The van der Waals surface area contributed by atoms with Gasteiger partial charge in [0.1, 0.15) is 9.39 Å². The van der Waals surface area contributed by atoms with Gasteiger partial charge in [-0.1, -0.05) is 0 Å². The summed E-state index contributed by atoms with van der Waals surface area (Å²) < 4.78 is 25.6. The number of nitrogens with zero attached hydrogens (tertiary/aromatic N) is 1. The average Bonchev–Trinajstić information content (AvgIpc) is 2.15. The first-order valence-corrected chi connectivity index (χ1v) is 5.81. The highest BCUT2D eigenvalue weighted by Crippen LogP contribution is 2.26. The fourth-order valence-corrected chi connectivity index (χ4v) is 2.21. The monoisotopic (exact) mass is 361 g/mol. The van der Waals surface area contributed by atoms with Crippen LogP contribution in [0.15, 0.2) is 6.07 Å². The lowest BCUT2D eigenvalue weighted by atomic mass is 10.1. The first kappa shape index (κ1) is 13.6. The van der Waals surface area contributed by atoms with Crippen LogP contribution in [-0.2, 0) is 17.1 Å². The minimum atomic E-state index is -2.75. The quantitative estimate of drug-likeness (QED) is 0.510. The summed E-state index contributed by atoms with van der Waals surface area (Å²) in [7, 11) is 0. The summed E-state index contributed by atoms with van der Waals surface area (Å²) in [6, 6.07) is 1.46. The van der Waals surface area contributed by atoms with Gasteiger partial charge in [-0.2, -0.15) is 0 Å². The highest BCUT2D eigenvalue weighted by molar-refractivity contribution is 14.1. The highest BCUT2D eigenvalue weighted by atomic mass is 127. The van der Waals surface area contributed by atoms with Gasteiger partial charge in [0.25, 0.3) is 6.43 Å². The third-order valence-corrected chi connectivity index (χ3v) is 2.72. The van der Waals surface area contributed by atoms with Gasteiger partial charge in [-0.25, -0.2) is 13.8 Å². The molecular weight excluding hydrogens is 354 g/mol. The van der Waals surface area contributed by atoms with Crippen LogP contribution in [0.2, 0.25) is 0 Å². The number of hydrogen-bond donors (Lipinski definition) is 1. The Morgan fingerprint density at radius 1 is 1.62 bits per heavy atom. The number of alkyl halides is 3. The molecule has 0 amide bonds. The second kappa shape index (κ2) is 5.72. The van der Waals surface area contributed by atoms with Crippen molar-refractivity contribution in [2.45, 2.75) is 18.7 Å². The second-order valence-corrected chi connectivity index (χ2v) is 4.35. The molecule has 7 heteroatoms. The standard InChI is InChI=1S/C9H7ClF2INO2/c10-3-5-4(2-7(15)16)1-6(13)14-8(5)9(11)12/h1,9H,2-3H2,(H,15,16). The van der Waals surface area contributed by atoms with Crippen molar-refractivity contribution in [2.75, 3.05) is 0 Å². The molecule has 0 bridgehead atoms.